The predicted octanol–water partition coefficient (Wildman–Crippen LogP) is 4.04. The van der Waals surface area contributed by atoms with Crippen LogP contribution in [-0.2, 0) is 4.74 Å². The highest BCUT2D eigenvalue weighted by Crippen LogP contribution is 2.35. The molecule has 2 aromatic rings. The Hall–Kier alpha value is -1.75. The Bertz CT molecular complexity index is 763. The molecule has 0 bridgehead atoms. The van der Waals surface area contributed by atoms with Crippen LogP contribution in [0.25, 0.3) is 11.1 Å². The van der Waals surface area contributed by atoms with Gasteiger partial charge in [0.25, 0.3) is 0 Å². The van der Waals surface area contributed by atoms with Gasteiger partial charge in [-0.05, 0) is 23.8 Å². The van der Waals surface area contributed by atoms with Crippen molar-refractivity contribution in [2.75, 3.05) is 33.4 Å². The topological polar surface area (TPSA) is 42.9 Å². The lowest BCUT2D eigenvalue weighted by atomic mass is 10.0. The maximum Gasteiger partial charge on any atom is 0.132 e. The Labute approximate surface area is 151 Å². The maximum absolute atomic E-state index is 6.36. The van der Waals surface area contributed by atoms with Gasteiger partial charge in [-0.2, -0.15) is 0 Å². The highest BCUT2D eigenvalue weighted by molar-refractivity contribution is 6.43. The smallest absolute Gasteiger partial charge is 0.132 e. The molecule has 3 rings (SSSR count). The molecule has 1 N–H and O–H groups in total. The van der Waals surface area contributed by atoms with E-state index in [-0.39, 0.29) is 0 Å². The molecule has 0 radical (unpaired) electrons. The fourth-order valence-electron chi connectivity index (χ4n) is 2.55. The number of rotatable bonds is 6. The van der Waals surface area contributed by atoms with Gasteiger partial charge in [-0.1, -0.05) is 41.4 Å². The van der Waals surface area contributed by atoms with Gasteiger partial charge in [0, 0.05) is 19.2 Å². The van der Waals surface area contributed by atoms with Gasteiger partial charge in [0.1, 0.15) is 18.2 Å². The van der Waals surface area contributed by atoms with Gasteiger partial charge in [-0.3, -0.25) is 4.99 Å². The van der Waals surface area contributed by atoms with Crippen LogP contribution in [0.15, 0.2) is 41.4 Å². The second-order valence-electron chi connectivity index (χ2n) is 5.31. The minimum atomic E-state index is 0.480. The van der Waals surface area contributed by atoms with E-state index in [4.69, 9.17) is 32.7 Å². The van der Waals surface area contributed by atoms with E-state index < -0.39 is 0 Å². The fraction of sp³-hybridized carbons (Fsp3) is 0.278. The summed E-state index contributed by atoms with van der Waals surface area (Å²) in [5.74, 6) is 1.60. The molecular weight excluding hydrogens is 347 g/mol. The first-order valence-corrected chi connectivity index (χ1v) is 8.45. The van der Waals surface area contributed by atoms with Gasteiger partial charge in [0.15, 0.2) is 0 Å². The fourth-order valence-corrected chi connectivity index (χ4v) is 2.96. The third-order valence-corrected chi connectivity index (χ3v) is 4.54. The van der Waals surface area contributed by atoms with Crippen LogP contribution in [0, 0.1) is 0 Å². The van der Waals surface area contributed by atoms with Crippen LogP contribution in [0.5, 0.6) is 5.75 Å². The van der Waals surface area contributed by atoms with Gasteiger partial charge >= 0.3 is 0 Å². The van der Waals surface area contributed by atoms with Crippen molar-refractivity contribution >= 4 is 29.0 Å². The van der Waals surface area contributed by atoms with Crippen molar-refractivity contribution in [3.8, 4) is 16.9 Å². The van der Waals surface area contributed by atoms with Crippen LogP contribution in [0.4, 0.5) is 0 Å². The Morgan fingerprint density at radius 2 is 2.00 bits per heavy atom. The summed E-state index contributed by atoms with van der Waals surface area (Å²) in [5.41, 5.74) is 2.76. The minimum Gasteiger partial charge on any atom is -0.490 e. The van der Waals surface area contributed by atoms with Gasteiger partial charge in [0.05, 0.1) is 28.8 Å². The van der Waals surface area contributed by atoms with Crippen LogP contribution in [0.2, 0.25) is 10.0 Å². The lowest BCUT2D eigenvalue weighted by molar-refractivity contribution is 0.146. The SMILES string of the molecule is COCCOc1ccc(-c2cccc(Cl)c2Cl)cc1C1=NCCN1. The van der Waals surface area contributed by atoms with E-state index in [9.17, 15) is 0 Å². The first kappa shape index (κ1) is 17.1. The molecule has 0 spiro atoms. The number of methoxy groups -OCH3 is 1. The quantitative estimate of drug-likeness (QED) is 0.786. The maximum atomic E-state index is 6.36. The second kappa shape index (κ2) is 7.88. The summed E-state index contributed by atoms with van der Waals surface area (Å²) >= 11 is 12.5. The van der Waals surface area contributed by atoms with Crippen molar-refractivity contribution in [1.29, 1.82) is 0 Å². The summed E-state index contributed by atoms with van der Waals surface area (Å²) in [7, 11) is 1.65. The Morgan fingerprint density at radius 1 is 1.12 bits per heavy atom. The number of ether oxygens (including phenoxy) is 2. The third-order valence-electron chi connectivity index (χ3n) is 3.72. The van der Waals surface area contributed by atoms with Crippen molar-refractivity contribution in [3.63, 3.8) is 0 Å². The summed E-state index contributed by atoms with van der Waals surface area (Å²) in [6, 6.07) is 11.5. The molecule has 2 aromatic carbocycles. The molecule has 0 aromatic heterocycles. The van der Waals surface area contributed by atoms with Crippen LogP contribution in [0.3, 0.4) is 0 Å². The van der Waals surface area contributed by atoms with Crippen LogP contribution >= 0.6 is 23.2 Å². The summed E-state index contributed by atoms with van der Waals surface area (Å²) in [6.07, 6.45) is 0. The normalized spacial score (nSPS) is 13.5. The average molecular weight is 365 g/mol. The van der Waals surface area contributed by atoms with Crippen molar-refractivity contribution in [2.45, 2.75) is 0 Å². The van der Waals surface area contributed by atoms with E-state index in [1.54, 1.807) is 13.2 Å². The number of aliphatic imine (C=N–C) groups is 1. The monoisotopic (exact) mass is 364 g/mol. The van der Waals surface area contributed by atoms with Crippen LogP contribution < -0.4 is 10.1 Å². The van der Waals surface area contributed by atoms with Crippen LogP contribution in [-0.4, -0.2) is 39.2 Å². The van der Waals surface area contributed by atoms with Gasteiger partial charge in [0.2, 0.25) is 0 Å². The molecule has 4 nitrogen and oxygen atoms in total. The van der Waals surface area contributed by atoms with Crippen molar-refractivity contribution in [3.05, 3.63) is 52.0 Å². The Kier molecular flexibility index (Phi) is 5.61. The predicted molar refractivity (Wildman–Crippen MR) is 98.7 cm³/mol. The van der Waals surface area contributed by atoms with E-state index in [1.807, 2.05) is 30.3 Å². The molecule has 1 heterocycles. The highest BCUT2D eigenvalue weighted by atomic mass is 35.5. The van der Waals surface area contributed by atoms with E-state index in [0.717, 1.165) is 41.4 Å². The molecule has 0 unspecified atom stereocenters. The third kappa shape index (κ3) is 3.66. The van der Waals surface area contributed by atoms with Crippen LogP contribution in [0.1, 0.15) is 5.56 Å². The van der Waals surface area contributed by atoms with Gasteiger partial charge < -0.3 is 14.8 Å². The molecule has 24 heavy (non-hydrogen) atoms. The average Bonchev–Trinajstić information content (AvgIpc) is 3.12. The second-order valence-corrected chi connectivity index (χ2v) is 6.10. The number of nitrogens with one attached hydrogen (secondary N) is 1. The molecule has 0 saturated heterocycles. The standard InChI is InChI=1S/C18H18Cl2N2O2/c1-23-9-10-24-16-6-5-12(11-14(16)18-21-7-8-22-18)13-3-2-4-15(19)17(13)20/h2-6,11H,7-10H2,1H3,(H,21,22). The number of benzene rings is 2. The molecule has 0 aliphatic carbocycles. The molecular formula is C18H18Cl2N2O2. The molecule has 1 aliphatic heterocycles. The Morgan fingerprint density at radius 3 is 2.75 bits per heavy atom. The molecule has 0 saturated carbocycles. The molecule has 6 heteroatoms. The Balaban J connectivity index is 2.00. The zero-order chi connectivity index (χ0) is 16.9. The first-order valence-electron chi connectivity index (χ1n) is 7.69. The largest absolute Gasteiger partial charge is 0.490 e. The van der Waals surface area contributed by atoms with E-state index in [2.05, 4.69) is 10.3 Å². The lowest BCUT2D eigenvalue weighted by Crippen LogP contribution is -2.20. The molecule has 0 amide bonds. The highest BCUT2D eigenvalue weighted by Gasteiger charge is 2.16. The number of amidine groups is 1. The summed E-state index contributed by atoms with van der Waals surface area (Å²) < 4.78 is 10.9. The number of hydrogen-bond acceptors (Lipinski definition) is 4. The van der Waals surface area contributed by atoms with Crippen molar-refractivity contribution in [1.82, 2.24) is 5.32 Å². The summed E-state index contributed by atoms with van der Waals surface area (Å²) in [5, 5.41) is 4.36. The zero-order valence-corrected chi connectivity index (χ0v) is 14.8. The van der Waals surface area contributed by atoms with Crippen molar-refractivity contribution in [2.24, 2.45) is 4.99 Å². The number of halogens is 2. The molecule has 0 atom stereocenters. The summed E-state index contributed by atoms with van der Waals surface area (Å²) in [4.78, 5) is 4.50. The van der Waals surface area contributed by atoms with E-state index in [0.29, 0.717) is 23.3 Å². The van der Waals surface area contributed by atoms with Crippen molar-refractivity contribution < 1.29 is 9.47 Å². The lowest BCUT2D eigenvalue weighted by Gasteiger charge is -2.14. The van der Waals surface area contributed by atoms with Gasteiger partial charge in [-0.25, -0.2) is 0 Å². The van der Waals surface area contributed by atoms with E-state index >= 15 is 0 Å². The van der Waals surface area contributed by atoms with Gasteiger partial charge in [-0.15, -0.1) is 0 Å². The number of hydrogen-bond donors (Lipinski definition) is 1. The molecule has 0 fully saturated rings. The molecule has 126 valence electrons. The molecule has 1 aliphatic rings. The first-order chi connectivity index (χ1) is 11.7. The van der Waals surface area contributed by atoms with E-state index in [1.165, 1.54) is 0 Å². The summed E-state index contributed by atoms with van der Waals surface area (Å²) in [6.45, 7) is 2.60. The zero-order valence-electron chi connectivity index (χ0n) is 13.3. The number of nitrogens with zero attached hydrogens (tertiary/aromatic N) is 1. The minimum absolute atomic E-state index is 0.480.